The van der Waals surface area contributed by atoms with Crippen LogP contribution in [0.5, 0.6) is 0 Å². The lowest BCUT2D eigenvalue weighted by Crippen LogP contribution is -2.33. The Balaban J connectivity index is 1.71. The van der Waals surface area contributed by atoms with E-state index in [-0.39, 0.29) is 11.9 Å². The van der Waals surface area contributed by atoms with Crippen molar-refractivity contribution in [3.63, 3.8) is 0 Å². The van der Waals surface area contributed by atoms with E-state index in [0.29, 0.717) is 27.4 Å². The van der Waals surface area contributed by atoms with Crippen molar-refractivity contribution in [3.8, 4) is 0 Å². The summed E-state index contributed by atoms with van der Waals surface area (Å²) in [4.78, 5) is 20.6. The molecule has 3 rings (SSSR count). The van der Waals surface area contributed by atoms with Gasteiger partial charge in [0.2, 0.25) is 5.95 Å². The second kappa shape index (κ2) is 7.15. The molecule has 0 aliphatic heterocycles. The van der Waals surface area contributed by atoms with Gasteiger partial charge in [0.05, 0.1) is 10.0 Å². The predicted octanol–water partition coefficient (Wildman–Crippen LogP) is 4.20. The Morgan fingerprint density at radius 1 is 1.13 bits per heavy atom. The molecule has 1 aromatic heterocycles. The highest BCUT2D eigenvalue weighted by atomic mass is 35.5. The molecule has 0 saturated heterocycles. The Kier molecular flexibility index (Phi) is 4.98. The minimum atomic E-state index is -0.170. The molecule has 1 fully saturated rings. The number of carbonyl (C=O) groups is 1. The number of aromatic nitrogens is 2. The summed E-state index contributed by atoms with van der Waals surface area (Å²) in [5, 5.41) is 6.93. The summed E-state index contributed by atoms with van der Waals surface area (Å²) in [6.07, 6.45) is 5.95. The molecule has 1 aromatic carbocycles. The van der Waals surface area contributed by atoms with Crippen LogP contribution < -0.4 is 10.6 Å². The normalized spacial score (nSPS) is 14.7. The number of benzene rings is 1. The second-order valence-electron chi connectivity index (χ2n) is 5.47. The van der Waals surface area contributed by atoms with Gasteiger partial charge in [0.1, 0.15) is 5.69 Å². The van der Waals surface area contributed by atoms with Gasteiger partial charge in [0, 0.05) is 17.9 Å². The van der Waals surface area contributed by atoms with Crippen LogP contribution >= 0.6 is 23.2 Å². The minimum Gasteiger partial charge on any atom is -0.348 e. The van der Waals surface area contributed by atoms with Gasteiger partial charge in [0.25, 0.3) is 5.91 Å². The summed E-state index contributed by atoms with van der Waals surface area (Å²) < 4.78 is 0. The fourth-order valence-electron chi connectivity index (χ4n) is 2.58. The summed E-state index contributed by atoms with van der Waals surface area (Å²) in [6, 6.07) is 6.98. The fourth-order valence-corrected chi connectivity index (χ4v) is 2.88. The zero-order valence-electron chi connectivity index (χ0n) is 12.4. The predicted molar refractivity (Wildman–Crippen MR) is 91.5 cm³/mol. The Labute approximate surface area is 144 Å². The molecule has 1 heterocycles. The highest BCUT2D eigenvalue weighted by Crippen LogP contribution is 2.26. The van der Waals surface area contributed by atoms with Crippen LogP contribution in [-0.2, 0) is 0 Å². The molecular weight excluding hydrogens is 335 g/mol. The van der Waals surface area contributed by atoms with E-state index in [1.54, 1.807) is 30.5 Å². The van der Waals surface area contributed by atoms with Crippen molar-refractivity contribution in [1.82, 2.24) is 15.3 Å². The maximum atomic E-state index is 12.2. The summed E-state index contributed by atoms with van der Waals surface area (Å²) in [6.45, 7) is 0. The van der Waals surface area contributed by atoms with E-state index in [4.69, 9.17) is 23.2 Å². The van der Waals surface area contributed by atoms with Crippen molar-refractivity contribution < 1.29 is 4.79 Å². The number of anilines is 2. The van der Waals surface area contributed by atoms with Gasteiger partial charge in [-0.25, -0.2) is 9.97 Å². The molecule has 0 atom stereocenters. The third-order valence-electron chi connectivity index (χ3n) is 3.75. The molecule has 7 heteroatoms. The highest BCUT2D eigenvalue weighted by molar-refractivity contribution is 6.42. The third kappa shape index (κ3) is 4.12. The molecule has 120 valence electrons. The lowest BCUT2D eigenvalue weighted by Gasteiger charge is -2.12. The van der Waals surface area contributed by atoms with Gasteiger partial charge in [-0.05, 0) is 37.1 Å². The van der Waals surface area contributed by atoms with Gasteiger partial charge in [-0.2, -0.15) is 0 Å². The van der Waals surface area contributed by atoms with Gasteiger partial charge in [-0.1, -0.05) is 36.0 Å². The molecule has 2 aromatic rings. The van der Waals surface area contributed by atoms with Crippen LogP contribution in [0.25, 0.3) is 0 Å². The van der Waals surface area contributed by atoms with E-state index >= 15 is 0 Å². The first kappa shape index (κ1) is 16.0. The summed E-state index contributed by atoms with van der Waals surface area (Å²) in [5.74, 6) is 0.166. The van der Waals surface area contributed by atoms with Crippen molar-refractivity contribution in [1.29, 1.82) is 0 Å². The van der Waals surface area contributed by atoms with E-state index in [2.05, 4.69) is 20.6 Å². The van der Waals surface area contributed by atoms with Crippen LogP contribution in [0, 0.1) is 0 Å². The van der Waals surface area contributed by atoms with Gasteiger partial charge >= 0.3 is 0 Å². The second-order valence-corrected chi connectivity index (χ2v) is 6.29. The SMILES string of the molecule is O=C(NC1CCCC1)c1ccnc(Nc2ccc(Cl)c(Cl)c2)n1. The molecular formula is C16H16Cl2N4O. The van der Waals surface area contributed by atoms with E-state index in [0.717, 1.165) is 12.8 Å². The Morgan fingerprint density at radius 3 is 2.65 bits per heavy atom. The van der Waals surface area contributed by atoms with Crippen LogP contribution in [0.3, 0.4) is 0 Å². The van der Waals surface area contributed by atoms with Crippen LogP contribution in [0.15, 0.2) is 30.5 Å². The van der Waals surface area contributed by atoms with Crippen molar-refractivity contribution in [2.75, 3.05) is 5.32 Å². The van der Waals surface area contributed by atoms with Gasteiger partial charge < -0.3 is 10.6 Å². The Morgan fingerprint density at radius 2 is 1.91 bits per heavy atom. The molecule has 23 heavy (non-hydrogen) atoms. The number of hydrogen-bond acceptors (Lipinski definition) is 4. The topological polar surface area (TPSA) is 66.9 Å². The molecule has 0 unspecified atom stereocenters. The average molecular weight is 351 g/mol. The van der Waals surface area contributed by atoms with E-state index in [1.807, 2.05) is 0 Å². The van der Waals surface area contributed by atoms with Crippen molar-refractivity contribution in [3.05, 3.63) is 46.2 Å². The lowest BCUT2D eigenvalue weighted by atomic mass is 10.2. The maximum absolute atomic E-state index is 12.2. The van der Waals surface area contributed by atoms with E-state index in [1.165, 1.54) is 12.8 Å². The standard InChI is InChI=1S/C16H16Cl2N4O/c17-12-6-5-11(9-13(12)18)21-16-19-8-7-14(22-16)15(23)20-10-3-1-2-4-10/h5-10H,1-4H2,(H,20,23)(H,19,21,22). The smallest absolute Gasteiger partial charge is 0.270 e. The summed E-state index contributed by atoms with van der Waals surface area (Å²) in [7, 11) is 0. The monoisotopic (exact) mass is 350 g/mol. The Bertz CT molecular complexity index is 717. The summed E-state index contributed by atoms with van der Waals surface area (Å²) in [5.41, 5.74) is 1.04. The molecule has 1 amide bonds. The number of halogens is 2. The maximum Gasteiger partial charge on any atom is 0.270 e. The van der Waals surface area contributed by atoms with Crippen LogP contribution in [0.4, 0.5) is 11.6 Å². The number of nitrogens with one attached hydrogen (secondary N) is 2. The van der Waals surface area contributed by atoms with Gasteiger partial charge in [-0.3, -0.25) is 4.79 Å². The summed E-state index contributed by atoms with van der Waals surface area (Å²) >= 11 is 11.9. The number of rotatable bonds is 4. The quantitative estimate of drug-likeness (QED) is 0.866. The molecule has 1 saturated carbocycles. The van der Waals surface area contributed by atoms with Gasteiger partial charge in [-0.15, -0.1) is 0 Å². The van der Waals surface area contributed by atoms with Crippen molar-refractivity contribution in [2.45, 2.75) is 31.7 Å². The molecule has 1 aliphatic carbocycles. The average Bonchev–Trinajstić information content (AvgIpc) is 3.04. The Hall–Kier alpha value is -1.85. The highest BCUT2D eigenvalue weighted by Gasteiger charge is 2.18. The molecule has 1 aliphatic rings. The molecule has 2 N–H and O–H groups in total. The van der Waals surface area contributed by atoms with Crippen LogP contribution in [0.2, 0.25) is 10.0 Å². The zero-order chi connectivity index (χ0) is 16.2. The fraction of sp³-hybridized carbons (Fsp3) is 0.312. The first-order valence-corrected chi connectivity index (χ1v) is 8.23. The zero-order valence-corrected chi connectivity index (χ0v) is 13.9. The van der Waals surface area contributed by atoms with Gasteiger partial charge in [0.15, 0.2) is 0 Å². The number of amides is 1. The third-order valence-corrected chi connectivity index (χ3v) is 4.49. The van der Waals surface area contributed by atoms with E-state index < -0.39 is 0 Å². The molecule has 5 nitrogen and oxygen atoms in total. The van der Waals surface area contributed by atoms with E-state index in [9.17, 15) is 4.79 Å². The largest absolute Gasteiger partial charge is 0.348 e. The molecule has 0 bridgehead atoms. The van der Waals surface area contributed by atoms with Crippen molar-refractivity contribution >= 4 is 40.7 Å². The van der Waals surface area contributed by atoms with Crippen molar-refractivity contribution in [2.24, 2.45) is 0 Å². The number of carbonyl (C=O) groups excluding carboxylic acids is 1. The molecule has 0 spiro atoms. The first-order chi connectivity index (χ1) is 11.1. The van der Waals surface area contributed by atoms with Crippen LogP contribution in [0.1, 0.15) is 36.2 Å². The molecule has 0 radical (unpaired) electrons. The number of nitrogens with zero attached hydrogens (tertiary/aromatic N) is 2. The van der Waals surface area contributed by atoms with Crippen LogP contribution in [-0.4, -0.2) is 21.9 Å². The number of hydrogen-bond donors (Lipinski definition) is 2. The lowest BCUT2D eigenvalue weighted by molar-refractivity contribution is 0.0933. The minimum absolute atomic E-state index is 0.170. The first-order valence-electron chi connectivity index (χ1n) is 7.48.